The third-order valence-corrected chi connectivity index (χ3v) is 5.37. The minimum absolute atomic E-state index is 0.0164. The molecule has 128 valence electrons. The zero-order chi connectivity index (χ0) is 16.4. The number of aromatic amines is 1. The van der Waals surface area contributed by atoms with Crippen molar-refractivity contribution in [2.24, 2.45) is 5.92 Å². The molecule has 2 atom stereocenters. The summed E-state index contributed by atoms with van der Waals surface area (Å²) in [5.74, 6) is 0.540. The topological polar surface area (TPSA) is 61.0 Å². The van der Waals surface area contributed by atoms with E-state index in [1.165, 1.54) is 45.2 Å². The molecule has 5 heteroatoms. The highest BCUT2D eigenvalue weighted by molar-refractivity contribution is 5.92. The van der Waals surface area contributed by atoms with Crippen LogP contribution in [0.25, 0.3) is 0 Å². The van der Waals surface area contributed by atoms with Gasteiger partial charge in [0.2, 0.25) is 0 Å². The van der Waals surface area contributed by atoms with Gasteiger partial charge in [-0.05, 0) is 50.8 Å². The SMILES string of the molecule is CC(C)(C)c1cc(C(=O)NC[C@@H]2CCCN3CCCC[C@H]23)n[nH]1. The van der Waals surface area contributed by atoms with Gasteiger partial charge >= 0.3 is 0 Å². The van der Waals surface area contributed by atoms with Crippen LogP contribution >= 0.6 is 0 Å². The van der Waals surface area contributed by atoms with Crippen molar-refractivity contribution in [2.75, 3.05) is 19.6 Å². The maximum absolute atomic E-state index is 12.4. The first kappa shape index (κ1) is 16.5. The predicted molar refractivity (Wildman–Crippen MR) is 91.6 cm³/mol. The van der Waals surface area contributed by atoms with E-state index in [1.54, 1.807) is 0 Å². The molecule has 23 heavy (non-hydrogen) atoms. The van der Waals surface area contributed by atoms with Crippen molar-refractivity contribution in [1.82, 2.24) is 20.4 Å². The van der Waals surface area contributed by atoms with E-state index < -0.39 is 0 Å². The van der Waals surface area contributed by atoms with Gasteiger partial charge in [0, 0.05) is 23.7 Å². The molecule has 1 aromatic rings. The smallest absolute Gasteiger partial charge is 0.271 e. The minimum atomic E-state index is -0.0512. The number of nitrogens with zero attached hydrogens (tertiary/aromatic N) is 2. The molecule has 0 radical (unpaired) electrons. The number of carbonyl (C=O) groups is 1. The van der Waals surface area contributed by atoms with E-state index in [4.69, 9.17) is 0 Å². The molecule has 2 aliphatic heterocycles. The molecule has 3 heterocycles. The Morgan fingerprint density at radius 1 is 1.30 bits per heavy atom. The molecule has 0 saturated carbocycles. The van der Waals surface area contributed by atoms with Gasteiger partial charge in [-0.2, -0.15) is 5.10 Å². The molecule has 0 aliphatic carbocycles. The lowest BCUT2D eigenvalue weighted by atomic mass is 9.83. The number of fused-ring (bicyclic) bond motifs is 1. The molecule has 2 fully saturated rings. The van der Waals surface area contributed by atoms with Crippen LogP contribution in [0.2, 0.25) is 0 Å². The number of hydrogen-bond acceptors (Lipinski definition) is 3. The number of nitrogens with one attached hydrogen (secondary N) is 2. The fraction of sp³-hybridized carbons (Fsp3) is 0.778. The van der Waals surface area contributed by atoms with Crippen LogP contribution in [0.4, 0.5) is 0 Å². The third-order valence-electron chi connectivity index (χ3n) is 5.37. The molecule has 0 unspecified atom stereocenters. The van der Waals surface area contributed by atoms with Crippen molar-refractivity contribution in [1.29, 1.82) is 0 Å². The predicted octanol–water partition coefficient (Wildman–Crippen LogP) is 2.70. The zero-order valence-corrected chi connectivity index (χ0v) is 14.7. The average Bonchev–Trinajstić information content (AvgIpc) is 3.03. The Morgan fingerprint density at radius 2 is 2.09 bits per heavy atom. The molecule has 1 amide bonds. The summed E-state index contributed by atoms with van der Waals surface area (Å²) in [6.07, 6.45) is 6.44. The Hall–Kier alpha value is -1.36. The summed E-state index contributed by atoms with van der Waals surface area (Å²) in [4.78, 5) is 15.0. The van der Waals surface area contributed by atoms with E-state index in [0.717, 1.165) is 12.2 Å². The van der Waals surface area contributed by atoms with Crippen molar-refractivity contribution >= 4 is 5.91 Å². The zero-order valence-electron chi connectivity index (χ0n) is 14.7. The van der Waals surface area contributed by atoms with Crippen LogP contribution in [0, 0.1) is 5.92 Å². The molecule has 1 aromatic heterocycles. The normalized spacial score (nSPS) is 25.9. The van der Waals surface area contributed by atoms with Gasteiger partial charge in [0.25, 0.3) is 5.91 Å². The first-order valence-electron chi connectivity index (χ1n) is 9.03. The van der Waals surface area contributed by atoms with Crippen LogP contribution in [0.5, 0.6) is 0 Å². The molecule has 0 bridgehead atoms. The number of piperidine rings is 2. The van der Waals surface area contributed by atoms with Crippen molar-refractivity contribution in [3.8, 4) is 0 Å². The van der Waals surface area contributed by atoms with Gasteiger partial charge in [0.05, 0.1) is 0 Å². The van der Waals surface area contributed by atoms with E-state index in [1.807, 2.05) is 6.07 Å². The van der Waals surface area contributed by atoms with Crippen molar-refractivity contribution in [3.63, 3.8) is 0 Å². The standard InChI is InChI=1S/C18H30N4O/c1-18(2,3)16-11-14(20-21-16)17(23)19-12-13-7-6-10-22-9-5-4-8-15(13)22/h11,13,15H,4-10,12H2,1-3H3,(H,19,23)(H,20,21)/t13-,15+/m0/s1. The summed E-state index contributed by atoms with van der Waals surface area (Å²) in [6, 6.07) is 2.55. The van der Waals surface area contributed by atoms with Crippen molar-refractivity contribution in [3.05, 3.63) is 17.5 Å². The van der Waals surface area contributed by atoms with Crippen LogP contribution < -0.4 is 5.32 Å². The Kier molecular flexibility index (Phi) is 4.76. The minimum Gasteiger partial charge on any atom is -0.350 e. The number of rotatable bonds is 3. The number of hydrogen-bond donors (Lipinski definition) is 2. The fourth-order valence-electron chi connectivity index (χ4n) is 3.95. The summed E-state index contributed by atoms with van der Waals surface area (Å²) in [5, 5.41) is 10.3. The lowest BCUT2D eigenvalue weighted by molar-refractivity contribution is 0.0575. The molecular weight excluding hydrogens is 288 g/mol. The van der Waals surface area contributed by atoms with E-state index in [0.29, 0.717) is 17.7 Å². The van der Waals surface area contributed by atoms with Gasteiger partial charge in [0.1, 0.15) is 5.69 Å². The molecule has 2 N–H and O–H groups in total. The number of H-pyrrole nitrogens is 1. The van der Waals surface area contributed by atoms with E-state index in [2.05, 4.69) is 41.2 Å². The van der Waals surface area contributed by atoms with Crippen LogP contribution in [0.15, 0.2) is 6.07 Å². The van der Waals surface area contributed by atoms with Gasteiger partial charge in [0.15, 0.2) is 0 Å². The molecule has 2 saturated heterocycles. The average molecular weight is 318 g/mol. The first-order valence-corrected chi connectivity index (χ1v) is 9.03. The molecule has 3 rings (SSSR count). The molecule has 2 aliphatic rings. The van der Waals surface area contributed by atoms with Gasteiger partial charge in [-0.1, -0.05) is 27.2 Å². The Bertz CT molecular complexity index is 543. The summed E-state index contributed by atoms with van der Waals surface area (Å²) in [7, 11) is 0. The first-order chi connectivity index (χ1) is 10.9. The van der Waals surface area contributed by atoms with Crippen LogP contribution in [0.3, 0.4) is 0 Å². The molecule has 0 aromatic carbocycles. The van der Waals surface area contributed by atoms with E-state index in [-0.39, 0.29) is 11.3 Å². The molecule has 0 spiro atoms. The van der Waals surface area contributed by atoms with Crippen molar-refractivity contribution < 1.29 is 4.79 Å². The second-order valence-corrected chi connectivity index (χ2v) is 8.13. The lowest BCUT2D eigenvalue weighted by Crippen LogP contribution is -2.51. The second kappa shape index (κ2) is 6.63. The summed E-state index contributed by atoms with van der Waals surface area (Å²) in [6.45, 7) is 9.59. The highest BCUT2D eigenvalue weighted by Crippen LogP contribution is 2.30. The van der Waals surface area contributed by atoms with Gasteiger partial charge in [-0.15, -0.1) is 0 Å². The monoisotopic (exact) mass is 318 g/mol. The second-order valence-electron chi connectivity index (χ2n) is 8.13. The van der Waals surface area contributed by atoms with Crippen LogP contribution in [-0.4, -0.2) is 46.7 Å². The maximum Gasteiger partial charge on any atom is 0.271 e. The highest BCUT2D eigenvalue weighted by Gasteiger charge is 2.33. The Balaban J connectivity index is 1.57. The summed E-state index contributed by atoms with van der Waals surface area (Å²) < 4.78 is 0. The van der Waals surface area contributed by atoms with Crippen molar-refractivity contribution in [2.45, 2.75) is 64.3 Å². The van der Waals surface area contributed by atoms with E-state index in [9.17, 15) is 4.79 Å². The number of aromatic nitrogens is 2. The molecular formula is C18H30N4O. The Morgan fingerprint density at radius 3 is 2.83 bits per heavy atom. The van der Waals surface area contributed by atoms with Gasteiger partial charge in [-0.25, -0.2) is 0 Å². The summed E-state index contributed by atoms with van der Waals surface area (Å²) in [5.41, 5.74) is 1.49. The fourth-order valence-corrected chi connectivity index (χ4v) is 3.95. The quantitative estimate of drug-likeness (QED) is 0.901. The maximum atomic E-state index is 12.4. The highest BCUT2D eigenvalue weighted by atomic mass is 16.1. The van der Waals surface area contributed by atoms with E-state index >= 15 is 0 Å². The lowest BCUT2D eigenvalue weighted by Gasteiger charge is -2.44. The van der Waals surface area contributed by atoms with Crippen LogP contribution in [0.1, 0.15) is 69.1 Å². The van der Waals surface area contributed by atoms with Crippen LogP contribution in [-0.2, 0) is 5.41 Å². The number of carbonyl (C=O) groups excluding carboxylic acids is 1. The van der Waals surface area contributed by atoms with Gasteiger partial charge in [-0.3, -0.25) is 9.89 Å². The van der Waals surface area contributed by atoms with Gasteiger partial charge < -0.3 is 10.2 Å². The third kappa shape index (κ3) is 3.77. The molecule has 5 nitrogen and oxygen atoms in total. The largest absolute Gasteiger partial charge is 0.350 e. The number of amides is 1. The Labute approximate surface area is 139 Å². The summed E-state index contributed by atoms with van der Waals surface area (Å²) >= 11 is 0.